The maximum atomic E-state index is 13.2. The number of nitrogens with zero attached hydrogens (tertiary/aromatic N) is 5. The van der Waals surface area contributed by atoms with E-state index in [4.69, 9.17) is 0 Å². The molecule has 2 bridgehead atoms. The molecule has 2 aromatic heterocycles. The first-order chi connectivity index (χ1) is 13.7. The summed E-state index contributed by atoms with van der Waals surface area (Å²) in [6.07, 6.45) is 6.89. The molecule has 1 amide bonds. The van der Waals surface area contributed by atoms with Gasteiger partial charge in [-0.2, -0.15) is 0 Å². The number of rotatable bonds is 3. The summed E-state index contributed by atoms with van der Waals surface area (Å²) in [4.78, 5) is 19.6. The van der Waals surface area contributed by atoms with Gasteiger partial charge in [0.25, 0.3) is 0 Å². The number of amides is 1. The van der Waals surface area contributed by atoms with Crippen LogP contribution < -0.4 is 0 Å². The Bertz CT molecular complexity index is 1010. The quantitative estimate of drug-likeness (QED) is 0.708. The van der Waals surface area contributed by atoms with Crippen molar-refractivity contribution in [2.24, 2.45) is 0 Å². The molecule has 4 heterocycles. The first kappa shape index (κ1) is 17.1. The van der Waals surface area contributed by atoms with Gasteiger partial charge in [0, 0.05) is 37.0 Å². The second kappa shape index (κ2) is 6.86. The van der Waals surface area contributed by atoms with E-state index in [2.05, 4.69) is 43.7 Å². The number of fused-ring (bicyclic) bond motifs is 3. The normalized spacial score (nSPS) is 20.7. The van der Waals surface area contributed by atoms with E-state index < -0.39 is 0 Å². The topological polar surface area (TPSA) is 63.9 Å². The summed E-state index contributed by atoms with van der Waals surface area (Å²) in [7, 11) is 0. The summed E-state index contributed by atoms with van der Waals surface area (Å²) in [5, 5.41) is 8.88. The molecule has 6 heteroatoms. The van der Waals surface area contributed by atoms with Crippen molar-refractivity contribution >= 4 is 5.91 Å². The maximum absolute atomic E-state index is 13.2. The summed E-state index contributed by atoms with van der Waals surface area (Å²) in [6.45, 7) is 2.82. The monoisotopic (exact) mass is 373 g/mol. The Hall–Kier alpha value is -3.02. The Morgan fingerprint density at radius 2 is 1.96 bits per heavy atom. The number of hydrogen-bond donors (Lipinski definition) is 0. The van der Waals surface area contributed by atoms with Gasteiger partial charge >= 0.3 is 0 Å². The van der Waals surface area contributed by atoms with Crippen LogP contribution in [0.25, 0.3) is 11.4 Å². The van der Waals surface area contributed by atoms with Crippen molar-refractivity contribution in [1.29, 1.82) is 0 Å². The standard InChI is InChI=1S/C22H23N5O/c1-15-5-2-3-6-16(15)11-21(28)27-18-8-9-19(27)14-26-20(12-18)24-25-22(26)17-7-4-10-23-13-17/h2-7,10,13,18-19H,8-9,11-12,14H2,1H3. The average Bonchev–Trinajstić information content (AvgIpc) is 3.24. The van der Waals surface area contributed by atoms with E-state index in [0.717, 1.165) is 48.6 Å². The molecule has 28 heavy (non-hydrogen) atoms. The Balaban J connectivity index is 1.43. The van der Waals surface area contributed by atoms with Crippen molar-refractivity contribution in [3.63, 3.8) is 0 Å². The Labute approximate surface area is 164 Å². The van der Waals surface area contributed by atoms with E-state index in [9.17, 15) is 4.79 Å². The molecule has 0 N–H and O–H groups in total. The molecule has 0 spiro atoms. The fourth-order valence-electron chi connectivity index (χ4n) is 4.62. The molecule has 6 nitrogen and oxygen atoms in total. The van der Waals surface area contributed by atoms with Crippen LogP contribution in [0, 0.1) is 6.92 Å². The van der Waals surface area contributed by atoms with Gasteiger partial charge in [-0.1, -0.05) is 24.3 Å². The van der Waals surface area contributed by atoms with Crippen LogP contribution in [0.2, 0.25) is 0 Å². The van der Waals surface area contributed by atoms with Gasteiger partial charge in [-0.05, 0) is 43.0 Å². The summed E-state index contributed by atoms with van der Waals surface area (Å²) in [5.41, 5.74) is 3.26. The third-order valence-electron chi connectivity index (χ3n) is 6.07. The minimum atomic E-state index is 0.203. The molecular formula is C22H23N5O. The fraction of sp³-hybridized carbons (Fsp3) is 0.364. The number of benzene rings is 1. The molecule has 1 fully saturated rings. The van der Waals surface area contributed by atoms with Crippen LogP contribution in [0.4, 0.5) is 0 Å². The number of pyridine rings is 1. The first-order valence-electron chi connectivity index (χ1n) is 9.89. The molecule has 0 aliphatic carbocycles. The van der Waals surface area contributed by atoms with Crippen LogP contribution in [0.15, 0.2) is 48.8 Å². The molecule has 5 rings (SSSR count). The van der Waals surface area contributed by atoms with Crippen LogP contribution in [0.3, 0.4) is 0 Å². The Morgan fingerprint density at radius 3 is 2.79 bits per heavy atom. The number of aryl methyl sites for hydroxylation is 1. The zero-order valence-corrected chi connectivity index (χ0v) is 16.0. The van der Waals surface area contributed by atoms with Crippen LogP contribution >= 0.6 is 0 Å². The smallest absolute Gasteiger partial charge is 0.227 e. The van der Waals surface area contributed by atoms with Gasteiger partial charge in [0.15, 0.2) is 5.82 Å². The van der Waals surface area contributed by atoms with Gasteiger partial charge in [-0.3, -0.25) is 9.78 Å². The molecule has 2 atom stereocenters. The predicted octanol–water partition coefficient (Wildman–Crippen LogP) is 2.81. The van der Waals surface area contributed by atoms with Crippen molar-refractivity contribution in [1.82, 2.24) is 24.6 Å². The largest absolute Gasteiger partial charge is 0.334 e. The second-order valence-electron chi connectivity index (χ2n) is 7.79. The SMILES string of the molecule is Cc1ccccc1CC(=O)N1C2CCC1Cn1c(nnc1-c1cccnc1)C2. The number of aromatic nitrogens is 4. The maximum Gasteiger partial charge on any atom is 0.227 e. The van der Waals surface area contributed by atoms with Crippen LogP contribution in [0.1, 0.15) is 29.8 Å². The number of carbonyl (C=O) groups excluding carboxylic acids is 1. The molecule has 1 saturated heterocycles. The molecule has 2 aliphatic rings. The molecule has 2 aliphatic heterocycles. The summed E-state index contributed by atoms with van der Waals surface area (Å²) >= 11 is 0. The van der Waals surface area contributed by atoms with Gasteiger partial charge in [0.2, 0.25) is 5.91 Å². The van der Waals surface area contributed by atoms with E-state index >= 15 is 0 Å². The Kier molecular flexibility index (Phi) is 4.19. The van der Waals surface area contributed by atoms with E-state index in [-0.39, 0.29) is 18.0 Å². The van der Waals surface area contributed by atoms with Gasteiger partial charge in [-0.25, -0.2) is 0 Å². The summed E-state index contributed by atoms with van der Waals surface area (Å²) in [6, 6.07) is 12.5. The predicted molar refractivity (Wildman–Crippen MR) is 105 cm³/mol. The van der Waals surface area contributed by atoms with Crippen molar-refractivity contribution in [2.75, 3.05) is 0 Å². The first-order valence-corrected chi connectivity index (χ1v) is 9.89. The lowest BCUT2D eigenvalue weighted by molar-refractivity contribution is -0.133. The number of hydrogen-bond acceptors (Lipinski definition) is 4. The van der Waals surface area contributed by atoms with Crippen LogP contribution in [0.5, 0.6) is 0 Å². The van der Waals surface area contributed by atoms with Gasteiger partial charge in [-0.15, -0.1) is 10.2 Å². The summed E-state index contributed by atoms with van der Waals surface area (Å²) < 4.78 is 2.19. The molecule has 0 saturated carbocycles. The second-order valence-corrected chi connectivity index (χ2v) is 7.79. The lowest BCUT2D eigenvalue weighted by atomic mass is 10.0. The van der Waals surface area contributed by atoms with E-state index in [0.29, 0.717) is 6.42 Å². The lowest BCUT2D eigenvalue weighted by Crippen LogP contribution is -2.43. The number of carbonyl (C=O) groups is 1. The minimum absolute atomic E-state index is 0.203. The highest BCUT2D eigenvalue weighted by Gasteiger charge is 2.41. The van der Waals surface area contributed by atoms with Crippen LogP contribution in [-0.4, -0.2) is 42.6 Å². The molecule has 142 valence electrons. The fourth-order valence-corrected chi connectivity index (χ4v) is 4.62. The molecular weight excluding hydrogens is 350 g/mol. The highest BCUT2D eigenvalue weighted by Crippen LogP contribution is 2.33. The minimum Gasteiger partial charge on any atom is -0.334 e. The molecule has 0 radical (unpaired) electrons. The van der Waals surface area contributed by atoms with Crippen molar-refractivity contribution in [3.8, 4) is 11.4 Å². The Morgan fingerprint density at radius 1 is 1.11 bits per heavy atom. The van der Waals surface area contributed by atoms with Gasteiger partial charge in [0.05, 0.1) is 12.5 Å². The zero-order valence-electron chi connectivity index (χ0n) is 16.0. The van der Waals surface area contributed by atoms with Crippen molar-refractivity contribution in [2.45, 2.75) is 51.2 Å². The zero-order chi connectivity index (χ0) is 19.1. The van der Waals surface area contributed by atoms with Crippen LogP contribution in [-0.2, 0) is 24.2 Å². The van der Waals surface area contributed by atoms with Crippen molar-refractivity contribution < 1.29 is 4.79 Å². The third kappa shape index (κ3) is 2.89. The molecule has 1 aromatic carbocycles. The highest BCUT2D eigenvalue weighted by atomic mass is 16.2. The average molecular weight is 373 g/mol. The van der Waals surface area contributed by atoms with Gasteiger partial charge < -0.3 is 9.47 Å². The lowest BCUT2D eigenvalue weighted by Gasteiger charge is -2.28. The highest BCUT2D eigenvalue weighted by molar-refractivity contribution is 5.80. The summed E-state index contributed by atoms with van der Waals surface area (Å²) in [5.74, 6) is 2.05. The van der Waals surface area contributed by atoms with E-state index in [1.54, 1.807) is 6.20 Å². The van der Waals surface area contributed by atoms with Gasteiger partial charge in [0.1, 0.15) is 5.82 Å². The van der Waals surface area contributed by atoms with Crippen molar-refractivity contribution in [3.05, 3.63) is 65.7 Å². The molecule has 3 aromatic rings. The van der Waals surface area contributed by atoms with E-state index in [1.165, 1.54) is 5.56 Å². The molecule has 2 unspecified atom stereocenters. The third-order valence-corrected chi connectivity index (χ3v) is 6.07. The van der Waals surface area contributed by atoms with E-state index in [1.807, 2.05) is 30.5 Å².